The van der Waals surface area contributed by atoms with Gasteiger partial charge < -0.3 is 9.84 Å². The molecule has 1 aromatic rings. The first-order chi connectivity index (χ1) is 7.68. The van der Waals surface area contributed by atoms with Crippen LogP contribution < -0.4 is 0 Å². The van der Waals surface area contributed by atoms with E-state index < -0.39 is 11.6 Å². The summed E-state index contributed by atoms with van der Waals surface area (Å²) in [7, 11) is 0. The summed E-state index contributed by atoms with van der Waals surface area (Å²) in [4.78, 5) is 11.8. The molecule has 0 aliphatic heterocycles. The van der Waals surface area contributed by atoms with Gasteiger partial charge in [0, 0.05) is 0 Å². The van der Waals surface area contributed by atoms with Crippen molar-refractivity contribution in [1.82, 2.24) is 0 Å². The number of benzene rings is 1. The molecule has 0 aromatic heterocycles. The van der Waals surface area contributed by atoms with Gasteiger partial charge in [-0.25, -0.2) is 4.79 Å². The smallest absolute Gasteiger partial charge is 0.342 e. The van der Waals surface area contributed by atoms with Gasteiger partial charge >= 0.3 is 5.97 Å². The molecule has 1 aliphatic rings. The Hall–Kier alpha value is -1.35. The van der Waals surface area contributed by atoms with Crippen LogP contribution in [0.3, 0.4) is 0 Å². The Balaban J connectivity index is 2.40. The highest BCUT2D eigenvalue weighted by atomic mass is 16.5. The van der Waals surface area contributed by atoms with E-state index in [1.165, 1.54) is 0 Å². The Bertz CT molecular complexity index is 400. The number of hydrogen-bond acceptors (Lipinski definition) is 3. The summed E-state index contributed by atoms with van der Waals surface area (Å²) in [6, 6.07) is 7.54. The molecule has 1 N–H and O–H groups in total. The van der Waals surface area contributed by atoms with Gasteiger partial charge in [0.05, 0.1) is 6.61 Å². The molecule has 16 heavy (non-hydrogen) atoms. The van der Waals surface area contributed by atoms with Crippen molar-refractivity contribution in [2.24, 2.45) is 0 Å². The monoisotopic (exact) mass is 220 g/mol. The highest BCUT2D eigenvalue weighted by Gasteiger charge is 2.42. The second-order valence-electron chi connectivity index (χ2n) is 4.09. The van der Waals surface area contributed by atoms with E-state index in [9.17, 15) is 9.90 Å². The minimum absolute atomic E-state index is 0.295. The normalized spacial score (nSPS) is 23.6. The van der Waals surface area contributed by atoms with E-state index in [1.807, 2.05) is 24.3 Å². The van der Waals surface area contributed by atoms with Gasteiger partial charge in [-0.1, -0.05) is 24.3 Å². The number of hydrogen-bond donors (Lipinski definition) is 1. The lowest BCUT2D eigenvalue weighted by Gasteiger charge is -2.32. The lowest BCUT2D eigenvalue weighted by molar-refractivity contribution is -0.168. The quantitative estimate of drug-likeness (QED) is 0.773. The molecule has 0 bridgehead atoms. The van der Waals surface area contributed by atoms with Crippen LogP contribution in [0.4, 0.5) is 0 Å². The molecule has 0 radical (unpaired) electrons. The maximum Gasteiger partial charge on any atom is 0.342 e. The van der Waals surface area contributed by atoms with Crippen molar-refractivity contribution in [3.63, 3.8) is 0 Å². The summed E-state index contributed by atoms with van der Waals surface area (Å²) in [6.45, 7) is 2.04. The maximum atomic E-state index is 11.8. The third-order valence-electron chi connectivity index (χ3n) is 3.06. The predicted octanol–water partition coefficient (Wildman–Crippen LogP) is 1.77. The second kappa shape index (κ2) is 4.26. The number of aryl methyl sites for hydroxylation is 1. The van der Waals surface area contributed by atoms with Gasteiger partial charge in [0.15, 0.2) is 5.60 Å². The number of ether oxygens (including phenoxy) is 1. The second-order valence-corrected chi connectivity index (χ2v) is 4.09. The fourth-order valence-corrected chi connectivity index (χ4v) is 2.27. The number of carbonyl (C=O) groups excluding carboxylic acids is 1. The minimum atomic E-state index is -1.44. The van der Waals surface area contributed by atoms with E-state index in [4.69, 9.17) is 4.74 Å². The zero-order valence-electron chi connectivity index (χ0n) is 9.40. The standard InChI is InChI=1S/C13H16O3/c1-2-16-12(14)13(15)9-5-7-10-6-3-4-8-11(10)13/h3-4,6,8,15H,2,5,7,9H2,1H3. The molecule has 0 heterocycles. The molecule has 0 saturated heterocycles. The highest BCUT2D eigenvalue weighted by Crippen LogP contribution is 2.36. The summed E-state index contributed by atoms with van der Waals surface area (Å²) in [5.41, 5.74) is 0.314. The third kappa shape index (κ3) is 1.71. The van der Waals surface area contributed by atoms with Crippen LogP contribution in [0.15, 0.2) is 24.3 Å². The number of aliphatic hydroxyl groups is 1. The lowest BCUT2D eigenvalue weighted by atomic mass is 9.79. The first kappa shape index (κ1) is 11.1. The van der Waals surface area contributed by atoms with Gasteiger partial charge in [-0.15, -0.1) is 0 Å². The van der Waals surface area contributed by atoms with Gasteiger partial charge in [-0.2, -0.15) is 0 Å². The number of fused-ring (bicyclic) bond motifs is 1. The molecule has 0 fully saturated rings. The molecular formula is C13H16O3. The first-order valence-electron chi connectivity index (χ1n) is 5.66. The molecule has 2 rings (SSSR count). The average Bonchev–Trinajstić information content (AvgIpc) is 2.30. The van der Waals surface area contributed by atoms with E-state index in [1.54, 1.807) is 6.92 Å². The van der Waals surface area contributed by atoms with Crippen LogP contribution >= 0.6 is 0 Å². The van der Waals surface area contributed by atoms with E-state index >= 15 is 0 Å². The van der Waals surface area contributed by atoms with Crippen LogP contribution in [-0.4, -0.2) is 17.7 Å². The Labute approximate surface area is 95.0 Å². The molecular weight excluding hydrogens is 204 g/mol. The largest absolute Gasteiger partial charge is 0.464 e. The highest BCUT2D eigenvalue weighted by molar-refractivity contribution is 5.82. The van der Waals surface area contributed by atoms with E-state index in [2.05, 4.69) is 0 Å². The van der Waals surface area contributed by atoms with Crippen LogP contribution in [0.25, 0.3) is 0 Å². The van der Waals surface area contributed by atoms with Gasteiger partial charge in [-0.3, -0.25) is 0 Å². The molecule has 1 atom stereocenters. The molecule has 0 amide bonds. The Kier molecular flexibility index (Phi) is 2.97. The van der Waals surface area contributed by atoms with Crippen molar-refractivity contribution in [3.05, 3.63) is 35.4 Å². The van der Waals surface area contributed by atoms with Crippen LogP contribution in [0.2, 0.25) is 0 Å². The van der Waals surface area contributed by atoms with Crippen LogP contribution in [0.1, 0.15) is 30.9 Å². The van der Waals surface area contributed by atoms with Crippen molar-refractivity contribution in [1.29, 1.82) is 0 Å². The molecule has 3 nitrogen and oxygen atoms in total. The van der Waals surface area contributed by atoms with Crippen LogP contribution in [0.5, 0.6) is 0 Å². The van der Waals surface area contributed by atoms with E-state index in [0.29, 0.717) is 18.6 Å². The zero-order chi connectivity index (χ0) is 11.6. The SMILES string of the molecule is CCOC(=O)C1(O)CCCc2ccccc21. The first-order valence-corrected chi connectivity index (χ1v) is 5.66. The minimum Gasteiger partial charge on any atom is -0.464 e. The van der Waals surface area contributed by atoms with Crippen molar-refractivity contribution < 1.29 is 14.6 Å². The maximum absolute atomic E-state index is 11.8. The van der Waals surface area contributed by atoms with Gasteiger partial charge in [-0.05, 0) is 37.3 Å². The van der Waals surface area contributed by atoms with Crippen molar-refractivity contribution >= 4 is 5.97 Å². The fourth-order valence-electron chi connectivity index (χ4n) is 2.27. The number of carbonyl (C=O) groups is 1. The summed E-state index contributed by atoms with van der Waals surface area (Å²) in [6.07, 6.45) is 2.17. The van der Waals surface area contributed by atoms with Crippen LogP contribution in [0, 0.1) is 0 Å². The zero-order valence-corrected chi connectivity index (χ0v) is 9.40. The van der Waals surface area contributed by atoms with E-state index in [0.717, 1.165) is 18.4 Å². The van der Waals surface area contributed by atoms with Crippen molar-refractivity contribution in [3.8, 4) is 0 Å². The Morgan fingerprint density at radius 3 is 3.00 bits per heavy atom. The van der Waals surface area contributed by atoms with Gasteiger partial charge in [0.2, 0.25) is 0 Å². The molecule has 1 aromatic carbocycles. The molecule has 1 unspecified atom stereocenters. The topological polar surface area (TPSA) is 46.5 Å². The summed E-state index contributed by atoms with van der Waals surface area (Å²) in [5.74, 6) is -0.526. The Morgan fingerprint density at radius 2 is 2.25 bits per heavy atom. The van der Waals surface area contributed by atoms with Crippen molar-refractivity contribution in [2.45, 2.75) is 31.8 Å². The summed E-state index contributed by atoms with van der Waals surface area (Å²) >= 11 is 0. The molecule has 0 spiro atoms. The molecule has 3 heteroatoms. The number of esters is 1. The van der Waals surface area contributed by atoms with Crippen molar-refractivity contribution in [2.75, 3.05) is 6.61 Å². The lowest BCUT2D eigenvalue weighted by Crippen LogP contribution is -2.40. The fraction of sp³-hybridized carbons (Fsp3) is 0.462. The van der Waals surface area contributed by atoms with Gasteiger partial charge in [0.1, 0.15) is 0 Å². The summed E-state index contributed by atoms with van der Waals surface area (Å²) < 4.78 is 4.95. The molecule has 86 valence electrons. The number of rotatable bonds is 2. The Morgan fingerprint density at radius 1 is 1.50 bits per heavy atom. The van der Waals surface area contributed by atoms with E-state index in [-0.39, 0.29) is 0 Å². The summed E-state index contributed by atoms with van der Waals surface area (Å²) in [5, 5.41) is 10.4. The van der Waals surface area contributed by atoms with Crippen LogP contribution in [-0.2, 0) is 21.6 Å². The molecule has 0 saturated carbocycles. The molecule has 1 aliphatic carbocycles. The predicted molar refractivity (Wildman–Crippen MR) is 59.9 cm³/mol. The average molecular weight is 220 g/mol. The third-order valence-corrected chi connectivity index (χ3v) is 3.06. The van der Waals surface area contributed by atoms with Gasteiger partial charge in [0.25, 0.3) is 0 Å².